The lowest BCUT2D eigenvalue weighted by Crippen LogP contribution is -2.31. The molecule has 1 atom stereocenters. The fourth-order valence-corrected chi connectivity index (χ4v) is 3.06. The third-order valence-electron chi connectivity index (χ3n) is 4.72. The Hall–Kier alpha value is -0.0800. The van der Waals surface area contributed by atoms with Crippen LogP contribution in [0.2, 0.25) is 0 Å². The molecule has 0 radical (unpaired) electrons. The summed E-state index contributed by atoms with van der Waals surface area (Å²) in [7, 11) is 0. The summed E-state index contributed by atoms with van der Waals surface area (Å²) in [6, 6.07) is 0.479. The van der Waals surface area contributed by atoms with Crippen LogP contribution in [0.3, 0.4) is 0 Å². The standard InChI is InChI=1S/C14H26N2/c15-14(12-5-6-12)7-8-16-9-13(10-1-2-10)11-3-4-11/h10-14,16H,1-9,15H2. The van der Waals surface area contributed by atoms with Gasteiger partial charge >= 0.3 is 0 Å². The lowest BCUT2D eigenvalue weighted by Gasteiger charge is -2.17. The summed E-state index contributed by atoms with van der Waals surface area (Å²) in [6.45, 7) is 2.42. The highest BCUT2D eigenvalue weighted by Gasteiger charge is 2.40. The molecule has 3 rings (SSSR count). The first-order valence-electron chi connectivity index (χ1n) is 7.31. The van der Waals surface area contributed by atoms with Gasteiger partial charge in [0, 0.05) is 6.04 Å². The van der Waals surface area contributed by atoms with Gasteiger partial charge in [0.15, 0.2) is 0 Å². The summed E-state index contributed by atoms with van der Waals surface area (Å²) >= 11 is 0. The van der Waals surface area contributed by atoms with Gasteiger partial charge in [-0.25, -0.2) is 0 Å². The van der Waals surface area contributed by atoms with Gasteiger partial charge in [0.25, 0.3) is 0 Å². The van der Waals surface area contributed by atoms with Crippen molar-refractivity contribution in [1.82, 2.24) is 5.32 Å². The van der Waals surface area contributed by atoms with Gasteiger partial charge < -0.3 is 11.1 Å². The Morgan fingerprint density at radius 1 is 0.938 bits per heavy atom. The van der Waals surface area contributed by atoms with E-state index in [1.54, 1.807) is 0 Å². The third-order valence-corrected chi connectivity index (χ3v) is 4.72. The summed E-state index contributed by atoms with van der Waals surface area (Å²) in [5.74, 6) is 4.04. The van der Waals surface area contributed by atoms with E-state index in [0.717, 1.165) is 30.2 Å². The van der Waals surface area contributed by atoms with Crippen molar-refractivity contribution in [3.05, 3.63) is 0 Å². The van der Waals surface area contributed by atoms with Crippen LogP contribution in [0, 0.1) is 23.7 Å². The number of hydrogen-bond donors (Lipinski definition) is 2. The second-order valence-electron chi connectivity index (χ2n) is 6.33. The van der Waals surface area contributed by atoms with Crippen LogP contribution < -0.4 is 11.1 Å². The van der Waals surface area contributed by atoms with E-state index < -0.39 is 0 Å². The van der Waals surface area contributed by atoms with Crippen molar-refractivity contribution in [2.45, 2.75) is 51.0 Å². The first kappa shape index (κ1) is 11.0. The Bertz CT molecular complexity index is 217. The zero-order chi connectivity index (χ0) is 11.0. The summed E-state index contributed by atoms with van der Waals surface area (Å²) < 4.78 is 0. The Labute approximate surface area is 99.4 Å². The van der Waals surface area contributed by atoms with E-state index in [1.165, 1.54) is 51.5 Å². The number of hydrogen-bond acceptors (Lipinski definition) is 2. The molecular weight excluding hydrogens is 196 g/mol. The van der Waals surface area contributed by atoms with Gasteiger partial charge in [-0.3, -0.25) is 0 Å². The van der Waals surface area contributed by atoms with Crippen molar-refractivity contribution < 1.29 is 0 Å². The van der Waals surface area contributed by atoms with Crippen LogP contribution in [-0.4, -0.2) is 19.1 Å². The quantitative estimate of drug-likeness (QED) is 0.618. The molecule has 2 heteroatoms. The van der Waals surface area contributed by atoms with Crippen molar-refractivity contribution in [3.8, 4) is 0 Å². The molecule has 0 aromatic rings. The van der Waals surface area contributed by atoms with Gasteiger partial charge in [0.1, 0.15) is 0 Å². The van der Waals surface area contributed by atoms with E-state index in [9.17, 15) is 0 Å². The van der Waals surface area contributed by atoms with Gasteiger partial charge in [-0.05, 0) is 81.7 Å². The Morgan fingerprint density at radius 3 is 2.00 bits per heavy atom. The smallest absolute Gasteiger partial charge is 0.00792 e. The molecule has 0 amide bonds. The van der Waals surface area contributed by atoms with E-state index in [0.29, 0.717) is 6.04 Å². The molecule has 0 saturated heterocycles. The van der Waals surface area contributed by atoms with Crippen LogP contribution in [0.1, 0.15) is 44.9 Å². The largest absolute Gasteiger partial charge is 0.327 e. The average molecular weight is 222 g/mol. The van der Waals surface area contributed by atoms with Crippen molar-refractivity contribution in [1.29, 1.82) is 0 Å². The first-order valence-corrected chi connectivity index (χ1v) is 7.31. The molecule has 3 fully saturated rings. The lowest BCUT2D eigenvalue weighted by molar-refractivity contribution is 0.373. The molecular formula is C14H26N2. The van der Waals surface area contributed by atoms with Gasteiger partial charge in [0.2, 0.25) is 0 Å². The SMILES string of the molecule is NC(CCNCC(C1CC1)C1CC1)C1CC1. The summed E-state index contributed by atoms with van der Waals surface area (Å²) in [6.07, 6.45) is 9.97. The molecule has 0 bridgehead atoms. The van der Waals surface area contributed by atoms with Crippen LogP contribution >= 0.6 is 0 Å². The number of nitrogens with one attached hydrogen (secondary N) is 1. The molecule has 0 aromatic heterocycles. The van der Waals surface area contributed by atoms with E-state index in [4.69, 9.17) is 5.73 Å². The molecule has 16 heavy (non-hydrogen) atoms. The third kappa shape index (κ3) is 2.98. The highest BCUT2D eigenvalue weighted by atomic mass is 14.9. The van der Waals surface area contributed by atoms with Gasteiger partial charge in [-0.1, -0.05) is 0 Å². The predicted octanol–water partition coefficient (Wildman–Crippen LogP) is 2.14. The topological polar surface area (TPSA) is 38.0 Å². The van der Waals surface area contributed by atoms with Crippen LogP contribution in [-0.2, 0) is 0 Å². The zero-order valence-electron chi connectivity index (χ0n) is 10.3. The molecule has 3 aliphatic carbocycles. The Kier molecular flexibility index (Phi) is 3.21. The van der Waals surface area contributed by atoms with Crippen molar-refractivity contribution >= 4 is 0 Å². The maximum absolute atomic E-state index is 6.10. The summed E-state index contributed by atoms with van der Waals surface area (Å²) in [5, 5.41) is 3.66. The van der Waals surface area contributed by atoms with E-state index >= 15 is 0 Å². The van der Waals surface area contributed by atoms with E-state index in [1.807, 2.05) is 0 Å². The second kappa shape index (κ2) is 4.66. The molecule has 0 spiro atoms. The minimum atomic E-state index is 0.479. The van der Waals surface area contributed by atoms with Crippen molar-refractivity contribution in [3.63, 3.8) is 0 Å². The predicted molar refractivity (Wildman–Crippen MR) is 67.1 cm³/mol. The molecule has 1 unspecified atom stereocenters. The molecule has 92 valence electrons. The van der Waals surface area contributed by atoms with Gasteiger partial charge in [0.05, 0.1) is 0 Å². The second-order valence-corrected chi connectivity index (χ2v) is 6.33. The maximum Gasteiger partial charge on any atom is 0.00792 e. The first-order chi connectivity index (χ1) is 7.84. The minimum Gasteiger partial charge on any atom is -0.327 e. The molecule has 3 aliphatic rings. The van der Waals surface area contributed by atoms with Crippen LogP contribution in [0.5, 0.6) is 0 Å². The van der Waals surface area contributed by atoms with E-state index in [2.05, 4.69) is 5.32 Å². The molecule has 2 nitrogen and oxygen atoms in total. The molecule has 0 heterocycles. The monoisotopic (exact) mass is 222 g/mol. The average Bonchev–Trinajstić information content (AvgIpc) is 3.16. The highest BCUT2D eigenvalue weighted by molar-refractivity contribution is 4.92. The highest BCUT2D eigenvalue weighted by Crippen LogP contribution is 2.48. The number of nitrogens with two attached hydrogens (primary N) is 1. The van der Waals surface area contributed by atoms with E-state index in [-0.39, 0.29) is 0 Å². The zero-order valence-corrected chi connectivity index (χ0v) is 10.3. The summed E-state index contributed by atoms with van der Waals surface area (Å²) in [5.41, 5.74) is 6.10. The fraction of sp³-hybridized carbons (Fsp3) is 1.00. The van der Waals surface area contributed by atoms with Gasteiger partial charge in [-0.2, -0.15) is 0 Å². The van der Waals surface area contributed by atoms with Crippen molar-refractivity contribution in [2.75, 3.05) is 13.1 Å². The Morgan fingerprint density at radius 2 is 1.50 bits per heavy atom. The lowest BCUT2D eigenvalue weighted by atomic mass is 9.98. The molecule has 0 aromatic carbocycles. The molecule has 0 aliphatic heterocycles. The van der Waals surface area contributed by atoms with Crippen LogP contribution in [0.25, 0.3) is 0 Å². The minimum absolute atomic E-state index is 0.479. The van der Waals surface area contributed by atoms with Crippen LogP contribution in [0.4, 0.5) is 0 Å². The molecule has 3 N–H and O–H groups in total. The fourth-order valence-electron chi connectivity index (χ4n) is 3.06. The summed E-state index contributed by atoms with van der Waals surface area (Å²) in [4.78, 5) is 0. The molecule has 3 saturated carbocycles. The maximum atomic E-state index is 6.10. The number of rotatable bonds is 8. The normalized spacial score (nSPS) is 27.4. The van der Waals surface area contributed by atoms with Crippen molar-refractivity contribution in [2.24, 2.45) is 29.4 Å². The Balaban J connectivity index is 1.29. The van der Waals surface area contributed by atoms with Gasteiger partial charge in [-0.15, -0.1) is 0 Å². The van der Waals surface area contributed by atoms with Crippen LogP contribution in [0.15, 0.2) is 0 Å².